The summed E-state index contributed by atoms with van der Waals surface area (Å²) in [4.78, 5) is 26.7. The smallest absolute Gasteiger partial charge is 0.355 e. The standard InChI is InChI=1S/C44H53N9O3S/c1-27-29-10-8-17-52(37(29)50-49-36(27)48-39-46-32-11-6-7-12-33(32)57-39)34-14-13-30(35(47-34)38(55)56)31-20-45-53(28(31)2)26-42-21-40(3)23-43(15-9-16-51(5)18-19-54)24-41(4,22-42)44(40,43)25-42/h6-7,11-14,20,54H,8-10,15-19,21-26H2,1-5H3,(H,55,56)(H,46,48,49). The van der Waals surface area contributed by atoms with Crippen LogP contribution in [0.15, 0.2) is 42.6 Å². The monoisotopic (exact) mass is 787 g/mol. The maximum Gasteiger partial charge on any atom is 0.355 e. The topological polar surface area (TPSA) is 145 Å². The van der Waals surface area contributed by atoms with E-state index >= 15 is 0 Å². The number of fused-ring (bicyclic) bond motifs is 3. The lowest BCUT2D eigenvalue weighted by Gasteiger charge is -2.84. The molecule has 57 heavy (non-hydrogen) atoms. The minimum absolute atomic E-state index is 0.0189. The van der Waals surface area contributed by atoms with Crippen LogP contribution >= 0.6 is 11.3 Å². The van der Waals surface area contributed by atoms with Gasteiger partial charge in [-0.05, 0) is 137 Å². The SMILES string of the molecule is Cc1c(Nc2nc3ccccc3s2)nnc2c1CCCN2c1ccc(-c2cnn(CC34CC5(C)CC6(CCCN(C)CCO)CC(C)(C3)C56C4)c2C)c(C(=O)O)n1. The summed E-state index contributed by atoms with van der Waals surface area (Å²) in [6.07, 6.45) is 12.5. The van der Waals surface area contributed by atoms with Gasteiger partial charge in [-0.25, -0.2) is 14.8 Å². The van der Waals surface area contributed by atoms with Crippen LogP contribution in [0.5, 0.6) is 0 Å². The highest BCUT2D eigenvalue weighted by Crippen LogP contribution is 2.98. The minimum Gasteiger partial charge on any atom is -0.476 e. The first kappa shape index (κ1) is 36.9. The van der Waals surface area contributed by atoms with Crippen molar-refractivity contribution >= 4 is 50.1 Å². The summed E-state index contributed by atoms with van der Waals surface area (Å²) >= 11 is 1.58. The Kier molecular flexibility index (Phi) is 8.26. The molecule has 2 atom stereocenters. The lowest BCUT2D eigenvalue weighted by molar-refractivity contribution is -0.357. The van der Waals surface area contributed by atoms with Crippen LogP contribution in [0.3, 0.4) is 0 Å². The van der Waals surface area contributed by atoms with E-state index < -0.39 is 5.97 Å². The molecule has 1 spiro atoms. The van der Waals surface area contributed by atoms with Crippen molar-refractivity contribution in [1.29, 1.82) is 0 Å². The van der Waals surface area contributed by atoms with Gasteiger partial charge in [-0.1, -0.05) is 37.3 Å². The second kappa shape index (κ2) is 12.8. The number of thiazole rings is 1. The molecule has 0 radical (unpaired) electrons. The Bertz CT molecular complexity index is 2390. The Labute approximate surface area is 337 Å². The largest absolute Gasteiger partial charge is 0.476 e. The van der Waals surface area contributed by atoms with Gasteiger partial charge in [0.05, 0.1) is 23.0 Å². The number of nitrogens with one attached hydrogen (secondary N) is 1. The molecule has 12 nitrogen and oxygen atoms in total. The fourth-order valence-electron chi connectivity index (χ4n) is 14.0. The van der Waals surface area contributed by atoms with Gasteiger partial charge >= 0.3 is 5.97 Å². The molecule has 2 unspecified atom stereocenters. The molecule has 1 aromatic carbocycles. The number of likely N-dealkylation sites (N-methyl/N-ethyl adjacent to an activating group) is 1. The molecule has 4 aliphatic carbocycles. The number of nitrogens with zero attached hydrogens (tertiary/aromatic N) is 8. The fraction of sp³-hybridized carbons (Fsp3) is 0.545. The molecule has 298 valence electrons. The molecule has 4 aromatic heterocycles. The zero-order chi connectivity index (χ0) is 39.5. The van der Waals surface area contributed by atoms with E-state index in [4.69, 9.17) is 15.1 Å². The zero-order valence-electron chi connectivity index (χ0n) is 33.7. The van der Waals surface area contributed by atoms with Crippen molar-refractivity contribution in [2.45, 2.75) is 92.0 Å². The normalized spacial score (nSPS) is 29.4. The first-order valence-electron chi connectivity index (χ1n) is 20.7. The maximum absolute atomic E-state index is 12.9. The van der Waals surface area contributed by atoms with E-state index in [1.165, 1.54) is 44.9 Å². The summed E-state index contributed by atoms with van der Waals surface area (Å²) in [5, 5.41) is 38.3. The van der Waals surface area contributed by atoms with Gasteiger partial charge in [-0.15, -0.1) is 10.2 Å². The van der Waals surface area contributed by atoms with Crippen LogP contribution in [0.25, 0.3) is 21.3 Å². The summed E-state index contributed by atoms with van der Waals surface area (Å²) < 4.78 is 3.27. The van der Waals surface area contributed by atoms with Gasteiger partial charge in [-0.3, -0.25) is 4.68 Å². The van der Waals surface area contributed by atoms with E-state index in [2.05, 4.69) is 65.9 Å². The van der Waals surface area contributed by atoms with E-state index in [9.17, 15) is 15.0 Å². The van der Waals surface area contributed by atoms with Gasteiger partial charge < -0.3 is 25.3 Å². The third-order valence-electron chi connectivity index (χ3n) is 15.4. The summed E-state index contributed by atoms with van der Waals surface area (Å²) in [5.41, 5.74) is 7.25. The number of hydrogen-bond acceptors (Lipinski definition) is 11. The van der Waals surface area contributed by atoms with E-state index in [-0.39, 0.29) is 17.7 Å². The minimum atomic E-state index is -1.06. The zero-order valence-corrected chi connectivity index (χ0v) is 34.5. The molecule has 5 aliphatic rings. The number of benzene rings is 1. The summed E-state index contributed by atoms with van der Waals surface area (Å²) in [7, 11) is 2.12. The molecule has 5 heterocycles. The summed E-state index contributed by atoms with van der Waals surface area (Å²) in [6.45, 7) is 12.8. The third-order valence-corrected chi connectivity index (χ3v) is 16.4. The number of hydrogen-bond donors (Lipinski definition) is 3. The van der Waals surface area contributed by atoms with E-state index in [0.717, 1.165) is 70.2 Å². The van der Waals surface area contributed by atoms with Crippen LogP contribution in [0.4, 0.5) is 22.6 Å². The highest BCUT2D eigenvalue weighted by molar-refractivity contribution is 7.22. The van der Waals surface area contributed by atoms with Crippen molar-refractivity contribution in [2.75, 3.05) is 43.5 Å². The number of carboxylic acid groups (broad SMARTS) is 1. The Hall–Kier alpha value is -4.46. The molecule has 0 saturated heterocycles. The van der Waals surface area contributed by atoms with Gasteiger partial charge in [0.25, 0.3) is 0 Å². The van der Waals surface area contributed by atoms with Crippen molar-refractivity contribution in [3.8, 4) is 11.1 Å². The molecule has 4 fully saturated rings. The number of pyridine rings is 1. The van der Waals surface area contributed by atoms with Crippen LogP contribution in [0.1, 0.15) is 92.5 Å². The molecular weight excluding hydrogens is 735 g/mol. The number of aromatic carboxylic acids is 1. The molecule has 10 rings (SSSR count). The van der Waals surface area contributed by atoms with Gasteiger partial charge in [0, 0.05) is 47.6 Å². The fourth-order valence-corrected chi connectivity index (χ4v) is 14.9. The molecule has 1 aliphatic heterocycles. The molecule has 0 amide bonds. The molecule has 2 bridgehead atoms. The number of aliphatic hydroxyl groups is 1. The molecule has 13 heteroatoms. The van der Waals surface area contributed by atoms with Crippen LogP contribution in [-0.4, -0.2) is 84.3 Å². The number of para-hydroxylation sites is 1. The first-order valence-corrected chi connectivity index (χ1v) is 21.5. The first-order chi connectivity index (χ1) is 27.3. The Morgan fingerprint density at radius 1 is 0.982 bits per heavy atom. The highest BCUT2D eigenvalue weighted by Gasteiger charge is 2.91. The number of carboxylic acids is 1. The number of anilines is 4. The predicted octanol–water partition coefficient (Wildman–Crippen LogP) is 8.17. The maximum atomic E-state index is 12.9. The van der Waals surface area contributed by atoms with E-state index in [0.29, 0.717) is 51.2 Å². The number of rotatable bonds is 13. The molecule has 4 saturated carbocycles. The van der Waals surface area contributed by atoms with Crippen LogP contribution in [0.2, 0.25) is 0 Å². The van der Waals surface area contributed by atoms with Gasteiger partial charge in [0.1, 0.15) is 5.82 Å². The van der Waals surface area contributed by atoms with Crippen LogP contribution < -0.4 is 10.2 Å². The average molecular weight is 788 g/mol. The van der Waals surface area contributed by atoms with Gasteiger partial charge in [-0.2, -0.15) is 5.10 Å². The summed E-state index contributed by atoms with van der Waals surface area (Å²) in [6, 6.07) is 11.9. The lowest BCUT2D eigenvalue weighted by atomic mass is 9.20. The predicted molar refractivity (Wildman–Crippen MR) is 223 cm³/mol. The Morgan fingerprint density at radius 3 is 2.53 bits per heavy atom. The van der Waals surface area contributed by atoms with E-state index in [1.54, 1.807) is 11.3 Å². The number of aliphatic hydroxyl groups excluding tert-OH is 1. The molecule has 3 N–H and O–H groups in total. The second-order valence-corrected chi connectivity index (χ2v) is 19.9. The number of aromatic nitrogens is 6. The van der Waals surface area contributed by atoms with Crippen molar-refractivity contribution in [3.63, 3.8) is 0 Å². The van der Waals surface area contributed by atoms with Crippen molar-refractivity contribution in [3.05, 3.63) is 65.1 Å². The quantitative estimate of drug-likeness (QED) is 0.106. The highest BCUT2D eigenvalue weighted by atomic mass is 32.1. The van der Waals surface area contributed by atoms with Crippen molar-refractivity contribution < 1.29 is 15.0 Å². The van der Waals surface area contributed by atoms with Crippen molar-refractivity contribution in [2.24, 2.45) is 27.1 Å². The number of carbonyl (C=O) groups is 1. The third kappa shape index (κ3) is 5.23. The van der Waals surface area contributed by atoms with Crippen molar-refractivity contribution in [1.82, 2.24) is 34.8 Å². The average Bonchev–Trinajstić information content (AvgIpc) is 3.88. The lowest BCUT2D eigenvalue weighted by Crippen LogP contribution is -2.77. The Balaban J connectivity index is 0.890. The second-order valence-electron chi connectivity index (χ2n) is 18.8. The van der Waals surface area contributed by atoms with Gasteiger partial charge in [0.2, 0.25) is 0 Å². The molecular formula is C44H53N9O3S. The van der Waals surface area contributed by atoms with Crippen LogP contribution in [-0.2, 0) is 13.0 Å². The Morgan fingerprint density at radius 2 is 1.77 bits per heavy atom. The van der Waals surface area contributed by atoms with E-state index in [1.807, 2.05) is 41.4 Å². The molecule has 5 aromatic rings. The van der Waals surface area contributed by atoms with Gasteiger partial charge in [0.15, 0.2) is 22.5 Å². The summed E-state index contributed by atoms with van der Waals surface area (Å²) in [5.74, 6) is 0.872. The van der Waals surface area contributed by atoms with Crippen LogP contribution in [0, 0.1) is 40.9 Å².